The van der Waals surface area contributed by atoms with Crippen molar-refractivity contribution < 1.29 is 9.53 Å². The van der Waals surface area contributed by atoms with Crippen LogP contribution in [0.1, 0.15) is 36.5 Å². The summed E-state index contributed by atoms with van der Waals surface area (Å²) in [7, 11) is 1.60. The van der Waals surface area contributed by atoms with Crippen LogP contribution in [0.5, 0.6) is 5.75 Å². The Morgan fingerprint density at radius 1 is 1.18 bits per heavy atom. The SMILES string of the molecule is CCN1CCC(Nc2c(C)cnc3nc(-c4cc(C)c(OCC(=O)NC)c(C)c4)[nH]c23)CC1. The van der Waals surface area contributed by atoms with Gasteiger partial charge in [-0.2, -0.15) is 0 Å². The number of aromatic amines is 1. The number of amides is 1. The summed E-state index contributed by atoms with van der Waals surface area (Å²) in [6.45, 7) is 11.6. The highest BCUT2D eigenvalue weighted by atomic mass is 16.5. The minimum Gasteiger partial charge on any atom is -0.483 e. The maximum atomic E-state index is 11.6. The molecule has 1 fully saturated rings. The third-order valence-electron chi connectivity index (χ3n) is 6.45. The van der Waals surface area contributed by atoms with Crippen LogP contribution in [0.25, 0.3) is 22.6 Å². The Morgan fingerprint density at radius 2 is 1.88 bits per heavy atom. The number of anilines is 1. The molecule has 8 heteroatoms. The molecule has 1 aromatic carbocycles. The van der Waals surface area contributed by atoms with Crippen molar-refractivity contribution in [3.05, 3.63) is 35.0 Å². The van der Waals surface area contributed by atoms with Gasteiger partial charge in [0.2, 0.25) is 0 Å². The zero-order valence-electron chi connectivity index (χ0n) is 20.2. The van der Waals surface area contributed by atoms with Gasteiger partial charge in [0.05, 0.1) is 5.69 Å². The number of nitrogens with one attached hydrogen (secondary N) is 3. The average molecular weight is 451 g/mol. The van der Waals surface area contributed by atoms with E-state index < -0.39 is 0 Å². The van der Waals surface area contributed by atoms with E-state index in [1.807, 2.05) is 32.2 Å². The van der Waals surface area contributed by atoms with Crippen LogP contribution in [-0.4, -0.2) is 65.1 Å². The van der Waals surface area contributed by atoms with E-state index in [9.17, 15) is 4.79 Å². The van der Waals surface area contributed by atoms with Crippen molar-refractivity contribution in [3.8, 4) is 17.1 Å². The molecule has 1 aliphatic heterocycles. The molecular formula is C25H34N6O2. The quantitative estimate of drug-likeness (QED) is 0.509. The van der Waals surface area contributed by atoms with Gasteiger partial charge in [-0.1, -0.05) is 6.92 Å². The first kappa shape index (κ1) is 23.0. The van der Waals surface area contributed by atoms with Gasteiger partial charge >= 0.3 is 0 Å². The smallest absolute Gasteiger partial charge is 0.257 e. The molecule has 3 N–H and O–H groups in total. The summed E-state index contributed by atoms with van der Waals surface area (Å²) in [5.41, 5.74) is 6.74. The number of benzene rings is 1. The highest BCUT2D eigenvalue weighted by Crippen LogP contribution is 2.32. The largest absolute Gasteiger partial charge is 0.483 e. The van der Waals surface area contributed by atoms with Crippen LogP contribution in [0.2, 0.25) is 0 Å². The first-order valence-corrected chi connectivity index (χ1v) is 11.7. The lowest BCUT2D eigenvalue weighted by Crippen LogP contribution is -2.39. The number of carbonyl (C=O) groups is 1. The van der Waals surface area contributed by atoms with Crippen LogP contribution in [0.4, 0.5) is 5.69 Å². The average Bonchev–Trinajstić information content (AvgIpc) is 3.25. The number of imidazole rings is 1. The Kier molecular flexibility index (Phi) is 6.83. The minimum atomic E-state index is -0.156. The van der Waals surface area contributed by atoms with Crippen molar-refractivity contribution >= 4 is 22.8 Å². The van der Waals surface area contributed by atoms with Crippen molar-refractivity contribution in [1.29, 1.82) is 0 Å². The standard InChI is InChI=1S/C25H34N6O2/c1-6-31-9-7-19(8-10-31)28-21-17(4)13-27-25-22(21)29-24(30-25)18-11-15(2)23(16(3)12-18)33-14-20(32)26-5/h11-13,19H,6-10,14H2,1-5H3,(H,26,32)(H2,27,28,29,30). The molecule has 0 atom stereocenters. The minimum absolute atomic E-state index is 0.00241. The maximum absolute atomic E-state index is 11.6. The van der Waals surface area contributed by atoms with Crippen molar-refractivity contribution in [3.63, 3.8) is 0 Å². The summed E-state index contributed by atoms with van der Waals surface area (Å²) in [5, 5.41) is 6.35. The number of aryl methyl sites for hydroxylation is 3. The zero-order valence-corrected chi connectivity index (χ0v) is 20.2. The summed E-state index contributed by atoms with van der Waals surface area (Å²) in [5.74, 6) is 1.35. The van der Waals surface area contributed by atoms with E-state index in [0.29, 0.717) is 11.7 Å². The molecule has 0 radical (unpaired) electrons. The number of likely N-dealkylation sites (N-methyl/N-ethyl adjacent to an activating group) is 1. The lowest BCUT2D eigenvalue weighted by atomic mass is 10.0. The maximum Gasteiger partial charge on any atom is 0.257 e. The molecule has 1 amide bonds. The second-order valence-electron chi connectivity index (χ2n) is 8.85. The molecule has 0 spiro atoms. The molecule has 4 rings (SSSR count). The first-order chi connectivity index (χ1) is 15.9. The van der Waals surface area contributed by atoms with Crippen molar-refractivity contribution in [2.24, 2.45) is 0 Å². The van der Waals surface area contributed by atoms with E-state index in [1.165, 1.54) is 0 Å². The highest BCUT2D eigenvalue weighted by Gasteiger charge is 2.21. The summed E-state index contributed by atoms with van der Waals surface area (Å²) in [4.78, 5) is 26.9. The fourth-order valence-corrected chi connectivity index (χ4v) is 4.50. The van der Waals surface area contributed by atoms with E-state index >= 15 is 0 Å². The van der Waals surface area contributed by atoms with E-state index in [-0.39, 0.29) is 12.5 Å². The van der Waals surface area contributed by atoms with Crippen LogP contribution in [-0.2, 0) is 4.79 Å². The number of H-pyrrole nitrogens is 1. The van der Waals surface area contributed by atoms with Gasteiger partial charge in [0.25, 0.3) is 5.91 Å². The molecule has 1 aliphatic rings. The fraction of sp³-hybridized carbons (Fsp3) is 0.480. The van der Waals surface area contributed by atoms with Gasteiger partial charge in [-0.25, -0.2) is 9.97 Å². The number of hydrogen-bond acceptors (Lipinski definition) is 6. The van der Waals surface area contributed by atoms with Crippen molar-refractivity contribution in [2.75, 3.05) is 38.6 Å². The van der Waals surface area contributed by atoms with Gasteiger partial charge in [-0.15, -0.1) is 0 Å². The lowest BCUT2D eigenvalue weighted by Gasteiger charge is -2.32. The summed E-state index contributed by atoms with van der Waals surface area (Å²) < 4.78 is 5.74. The van der Waals surface area contributed by atoms with Crippen LogP contribution >= 0.6 is 0 Å². The van der Waals surface area contributed by atoms with Crippen LogP contribution < -0.4 is 15.4 Å². The molecule has 0 bridgehead atoms. The second kappa shape index (κ2) is 9.79. The predicted octanol–water partition coefficient (Wildman–Crippen LogP) is 3.57. The summed E-state index contributed by atoms with van der Waals surface area (Å²) in [6.07, 6.45) is 4.16. The lowest BCUT2D eigenvalue weighted by molar-refractivity contribution is -0.122. The van der Waals surface area contributed by atoms with Crippen LogP contribution in [0.3, 0.4) is 0 Å². The van der Waals surface area contributed by atoms with Crippen molar-refractivity contribution in [1.82, 2.24) is 25.2 Å². The van der Waals surface area contributed by atoms with E-state index in [2.05, 4.69) is 39.3 Å². The second-order valence-corrected chi connectivity index (χ2v) is 8.85. The number of piperidine rings is 1. The number of ether oxygens (including phenoxy) is 1. The molecule has 0 aliphatic carbocycles. The van der Waals surface area contributed by atoms with Gasteiger partial charge in [0.1, 0.15) is 17.1 Å². The van der Waals surface area contributed by atoms with E-state index in [1.54, 1.807) is 7.05 Å². The molecule has 0 saturated carbocycles. The molecule has 33 heavy (non-hydrogen) atoms. The third kappa shape index (κ3) is 4.95. The molecule has 0 unspecified atom stereocenters. The molecule has 8 nitrogen and oxygen atoms in total. The number of likely N-dealkylation sites (tertiary alicyclic amines) is 1. The number of fused-ring (bicyclic) bond motifs is 1. The number of pyridine rings is 1. The van der Waals surface area contributed by atoms with Crippen molar-refractivity contribution in [2.45, 2.75) is 46.6 Å². The third-order valence-corrected chi connectivity index (χ3v) is 6.45. The van der Waals surface area contributed by atoms with Gasteiger partial charge in [0.15, 0.2) is 12.3 Å². The molecule has 2 aromatic heterocycles. The van der Waals surface area contributed by atoms with Gasteiger partial charge in [-0.05, 0) is 69.0 Å². The molecular weight excluding hydrogens is 416 g/mol. The highest BCUT2D eigenvalue weighted by molar-refractivity contribution is 5.89. The monoisotopic (exact) mass is 450 g/mol. The fourth-order valence-electron chi connectivity index (χ4n) is 4.50. The molecule has 3 aromatic rings. The normalized spacial score (nSPS) is 15.1. The van der Waals surface area contributed by atoms with Crippen LogP contribution in [0.15, 0.2) is 18.3 Å². The summed E-state index contributed by atoms with van der Waals surface area (Å²) >= 11 is 0. The van der Waals surface area contributed by atoms with Gasteiger partial charge in [0, 0.05) is 37.9 Å². The number of aromatic nitrogens is 3. The Bertz CT molecular complexity index is 1120. The Labute approximate surface area is 195 Å². The van der Waals surface area contributed by atoms with Gasteiger partial charge in [-0.3, -0.25) is 4.79 Å². The number of rotatable bonds is 7. The molecule has 176 valence electrons. The zero-order chi connectivity index (χ0) is 23.5. The van der Waals surface area contributed by atoms with E-state index in [4.69, 9.17) is 9.72 Å². The Morgan fingerprint density at radius 3 is 2.52 bits per heavy atom. The summed E-state index contributed by atoms with van der Waals surface area (Å²) in [6, 6.07) is 4.51. The van der Waals surface area contributed by atoms with Gasteiger partial charge < -0.3 is 25.3 Å². The van der Waals surface area contributed by atoms with Crippen LogP contribution in [0, 0.1) is 20.8 Å². The predicted molar refractivity (Wildman–Crippen MR) is 132 cm³/mol. The molecule has 3 heterocycles. The van der Waals surface area contributed by atoms with E-state index in [0.717, 1.165) is 77.5 Å². The topological polar surface area (TPSA) is 95.2 Å². The Hall–Kier alpha value is -3.13. The first-order valence-electron chi connectivity index (χ1n) is 11.7. The molecule has 1 saturated heterocycles. The number of nitrogens with zero attached hydrogens (tertiary/aromatic N) is 3. The number of carbonyl (C=O) groups excluding carboxylic acids is 1. The number of hydrogen-bond donors (Lipinski definition) is 3. The Balaban J connectivity index is 1.61.